The van der Waals surface area contributed by atoms with Gasteiger partial charge in [0.25, 0.3) is 15.6 Å². The maximum absolute atomic E-state index is 13.2. The first-order valence-corrected chi connectivity index (χ1v) is 11.9. The van der Waals surface area contributed by atoms with Crippen molar-refractivity contribution in [2.75, 3.05) is 11.8 Å². The molecule has 0 saturated carbocycles. The number of hydrogen-bond acceptors (Lipinski definition) is 8. The van der Waals surface area contributed by atoms with Gasteiger partial charge in [-0.1, -0.05) is 5.16 Å². The highest BCUT2D eigenvalue weighted by Crippen LogP contribution is 2.30. The molecule has 4 aromatic rings. The molecule has 2 heterocycles. The highest BCUT2D eigenvalue weighted by molar-refractivity contribution is 7.92. The van der Waals surface area contributed by atoms with Crippen molar-refractivity contribution in [3.63, 3.8) is 0 Å². The smallest absolute Gasteiger partial charge is 0.271 e. The van der Waals surface area contributed by atoms with Crippen molar-refractivity contribution in [3.05, 3.63) is 82.0 Å². The van der Waals surface area contributed by atoms with Crippen LogP contribution in [0, 0.1) is 13.8 Å². The Morgan fingerprint density at radius 3 is 2.37 bits per heavy atom. The minimum absolute atomic E-state index is 0.120. The molecule has 0 saturated heterocycles. The van der Waals surface area contributed by atoms with Gasteiger partial charge in [-0.15, -0.1) is 0 Å². The summed E-state index contributed by atoms with van der Waals surface area (Å²) in [6, 6.07) is 13.5. The van der Waals surface area contributed by atoms with Crippen LogP contribution in [0.2, 0.25) is 0 Å². The van der Waals surface area contributed by atoms with Crippen LogP contribution in [0.3, 0.4) is 0 Å². The van der Waals surface area contributed by atoms with Gasteiger partial charge < -0.3 is 9.26 Å². The van der Waals surface area contributed by atoms with Crippen molar-refractivity contribution < 1.29 is 22.5 Å². The summed E-state index contributed by atoms with van der Waals surface area (Å²) >= 11 is 0. The Bertz CT molecular complexity index is 1570. The Balaban J connectivity index is 1.76. The molecule has 4 rings (SSSR count). The summed E-state index contributed by atoms with van der Waals surface area (Å²) in [4.78, 5) is 23.9. The van der Waals surface area contributed by atoms with Gasteiger partial charge in [0.15, 0.2) is 11.5 Å². The zero-order valence-corrected chi connectivity index (χ0v) is 20.2. The van der Waals surface area contributed by atoms with Crippen LogP contribution in [-0.2, 0) is 10.0 Å². The third-order valence-electron chi connectivity index (χ3n) is 5.30. The summed E-state index contributed by atoms with van der Waals surface area (Å²) in [5, 5.41) is 8.27. The van der Waals surface area contributed by atoms with Crippen molar-refractivity contribution >= 4 is 21.5 Å². The lowest BCUT2D eigenvalue weighted by Gasteiger charge is -2.14. The number of anilines is 1. The molecule has 0 fully saturated rings. The lowest BCUT2D eigenvalue weighted by molar-refractivity contribution is 0.101. The van der Waals surface area contributed by atoms with Crippen LogP contribution in [0.4, 0.5) is 5.69 Å². The van der Waals surface area contributed by atoms with Gasteiger partial charge in [-0.2, -0.15) is 9.78 Å². The van der Waals surface area contributed by atoms with Crippen LogP contribution >= 0.6 is 0 Å². The highest BCUT2D eigenvalue weighted by atomic mass is 32.2. The molecule has 0 spiro atoms. The predicted molar refractivity (Wildman–Crippen MR) is 129 cm³/mol. The van der Waals surface area contributed by atoms with Gasteiger partial charge in [0.05, 0.1) is 12.8 Å². The van der Waals surface area contributed by atoms with E-state index in [0.717, 1.165) is 0 Å². The van der Waals surface area contributed by atoms with E-state index in [2.05, 4.69) is 15.0 Å². The summed E-state index contributed by atoms with van der Waals surface area (Å²) in [5.41, 5.74) is 2.08. The highest BCUT2D eigenvalue weighted by Gasteiger charge is 2.22. The molecule has 0 aliphatic carbocycles. The number of ketones is 1. The van der Waals surface area contributed by atoms with Crippen LogP contribution in [-0.4, -0.2) is 36.2 Å². The monoisotopic (exact) mass is 494 g/mol. The lowest BCUT2D eigenvalue weighted by atomic mass is 10.1. The molecule has 0 radical (unpaired) electrons. The topological polar surface area (TPSA) is 133 Å². The fourth-order valence-corrected chi connectivity index (χ4v) is 4.79. The maximum atomic E-state index is 13.2. The van der Waals surface area contributed by atoms with Crippen molar-refractivity contribution in [3.8, 4) is 22.7 Å². The van der Waals surface area contributed by atoms with Crippen molar-refractivity contribution in [2.45, 2.75) is 25.7 Å². The number of rotatable bonds is 7. The molecule has 0 aliphatic rings. The average molecular weight is 495 g/mol. The minimum atomic E-state index is -4.08. The Morgan fingerprint density at radius 2 is 1.77 bits per heavy atom. The molecule has 0 aliphatic heterocycles. The van der Waals surface area contributed by atoms with Crippen LogP contribution < -0.4 is 15.0 Å². The number of sulfonamides is 1. The van der Waals surface area contributed by atoms with E-state index in [0.29, 0.717) is 34.0 Å². The van der Waals surface area contributed by atoms with Crippen molar-refractivity contribution in [2.24, 2.45) is 0 Å². The van der Waals surface area contributed by atoms with E-state index in [1.807, 2.05) is 0 Å². The largest absolute Gasteiger partial charge is 0.495 e. The summed E-state index contributed by atoms with van der Waals surface area (Å²) < 4.78 is 40.6. The predicted octanol–water partition coefficient (Wildman–Crippen LogP) is 3.52. The van der Waals surface area contributed by atoms with Crippen LogP contribution in [0.1, 0.15) is 28.7 Å². The number of aromatic nitrogens is 3. The van der Waals surface area contributed by atoms with Crippen LogP contribution in [0.5, 0.6) is 5.75 Å². The number of Topliss-reactive ketones (excluding diaryl/α,β-unsaturated/α-hetero) is 1. The Hall–Kier alpha value is -4.25. The van der Waals surface area contributed by atoms with Gasteiger partial charge in [-0.05, 0) is 69.3 Å². The maximum Gasteiger partial charge on any atom is 0.271 e. The minimum Gasteiger partial charge on any atom is -0.495 e. The number of carbonyl (C=O) groups is 1. The second-order valence-electron chi connectivity index (χ2n) is 7.75. The molecule has 1 N–H and O–H groups in total. The summed E-state index contributed by atoms with van der Waals surface area (Å²) in [6.07, 6.45) is 0. The number of hydrogen-bond donors (Lipinski definition) is 1. The molecular formula is C24H22N4O6S. The standard InChI is InChI=1S/C24H22N4O6S/c1-14-24(16(3)34-26-14)28-23(30)12-10-20(25-28)18-7-11-21(33-4)22(13-18)35(31,32)27-19-8-5-17(6-9-19)15(2)29/h5-13,27H,1-4H3. The summed E-state index contributed by atoms with van der Waals surface area (Å²) in [5.74, 6) is 0.423. The number of carbonyl (C=O) groups excluding carboxylic acids is 1. The Morgan fingerprint density at radius 1 is 1.06 bits per heavy atom. The van der Waals surface area contributed by atoms with Crippen molar-refractivity contribution in [1.29, 1.82) is 0 Å². The van der Waals surface area contributed by atoms with Crippen LogP contribution in [0.15, 0.2) is 68.8 Å². The van der Waals surface area contributed by atoms with Gasteiger partial charge in [0, 0.05) is 22.9 Å². The number of nitrogens with zero attached hydrogens (tertiary/aromatic N) is 3. The van der Waals surface area contributed by atoms with Gasteiger partial charge in [0.1, 0.15) is 22.0 Å². The zero-order valence-electron chi connectivity index (χ0n) is 19.4. The van der Waals surface area contributed by atoms with Gasteiger partial charge >= 0.3 is 0 Å². The lowest BCUT2D eigenvalue weighted by Crippen LogP contribution is -2.21. The van der Waals surface area contributed by atoms with E-state index >= 15 is 0 Å². The summed E-state index contributed by atoms with van der Waals surface area (Å²) in [7, 11) is -2.71. The van der Waals surface area contributed by atoms with Gasteiger partial charge in [-0.3, -0.25) is 14.3 Å². The molecule has 2 aromatic carbocycles. The third-order valence-corrected chi connectivity index (χ3v) is 6.70. The number of methoxy groups -OCH3 is 1. The fraction of sp³-hybridized carbons (Fsp3) is 0.167. The van der Waals surface area contributed by atoms with E-state index < -0.39 is 10.0 Å². The van der Waals surface area contributed by atoms with E-state index in [1.165, 1.54) is 67.2 Å². The molecular weight excluding hydrogens is 472 g/mol. The Kier molecular flexibility index (Phi) is 6.27. The van der Waals surface area contributed by atoms with E-state index in [-0.39, 0.29) is 27.7 Å². The number of nitrogens with one attached hydrogen (secondary N) is 1. The zero-order chi connectivity index (χ0) is 25.3. The molecule has 10 nitrogen and oxygen atoms in total. The molecule has 11 heteroatoms. The Labute approximate surface area is 201 Å². The number of aryl methyl sites for hydroxylation is 2. The second kappa shape index (κ2) is 9.18. The molecule has 0 amide bonds. The third kappa shape index (κ3) is 4.71. The fourth-order valence-electron chi connectivity index (χ4n) is 3.54. The molecule has 0 bridgehead atoms. The SMILES string of the molecule is COc1ccc(-c2ccc(=O)n(-c3c(C)noc3C)n2)cc1S(=O)(=O)Nc1ccc(C(C)=O)cc1. The van der Waals surface area contributed by atoms with Gasteiger partial charge in [-0.25, -0.2) is 8.42 Å². The second-order valence-corrected chi connectivity index (χ2v) is 9.40. The first-order chi connectivity index (χ1) is 16.6. The molecule has 35 heavy (non-hydrogen) atoms. The molecule has 2 aromatic heterocycles. The van der Waals surface area contributed by atoms with E-state index in [9.17, 15) is 18.0 Å². The van der Waals surface area contributed by atoms with E-state index in [4.69, 9.17) is 9.26 Å². The first-order valence-electron chi connectivity index (χ1n) is 10.5. The normalized spacial score (nSPS) is 11.3. The quantitative estimate of drug-likeness (QED) is 0.386. The number of benzene rings is 2. The first kappa shape index (κ1) is 23.9. The van der Waals surface area contributed by atoms with Crippen LogP contribution in [0.25, 0.3) is 16.9 Å². The molecule has 180 valence electrons. The average Bonchev–Trinajstić information content (AvgIpc) is 3.16. The number of ether oxygens (including phenoxy) is 1. The van der Waals surface area contributed by atoms with Gasteiger partial charge in [0.2, 0.25) is 0 Å². The van der Waals surface area contributed by atoms with E-state index in [1.54, 1.807) is 19.9 Å². The summed E-state index contributed by atoms with van der Waals surface area (Å²) in [6.45, 7) is 4.79. The molecule has 0 unspecified atom stereocenters. The van der Waals surface area contributed by atoms with Crippen molar-refractivity contribution in [1.82, 2.24) is 14.9 Å². The molecule has 0 atom stereocenters.